The van der Waals surface area contributed by atoms with E-state index in [1.54, 1.807) is 6.92 Å². The van der Waals surface area contributed by atoms with Crippen LogP contribution in [0.5, 0.6) is 11.8 Å². The Bertz CT molecular complexity index is 448. The molecule has 5 N–H and O–H groups in total. The Morgan fingerprint density at radius 1 is 1.50 bits per heavy atom. The molecule has 0 unspecified atom stereocenters. The van der Waals surface area contributed by atoms with Crippen LogP contribution in [-0.4, -0.2) is 44.9 Å². The first-order valence-electron chi connectivity index (χ1n) is 5.05. The SMILES string of the molecule is CCNNC(=O)C(=O)N(C)Sc1cc(O)[nH]c1O. The fraction of sp³-hybridized carbons (Fsp3) is 0.333. The van der Waals surface area contributed by atoms with E-state index in [1.165, 1.54) is 13.1 Å². The van der Waals surface area contributed by atoms with Crippen molar-refractivity contribution < 1.29 is 19.8 Å². The van der Waals surface area contributed by atoms with Gasteiger partial charge in [-0.15, -0.1) is 0 Å². The van der Waals surface area contributed by atoms with Gasteiger partial charge in [-0.25, -0.2) is 5.43 Å². The smallest absolute Gasteiger partial charge is 0.324 e. The van der Waals surface area contributed by atoms with Crippen LogP contribution in [0, 0.1) is 0 Å². The predicted molar refractivity (Wildman–Crippen MR) is 64.6 cm³/mol. The second kappa shape index (κ2) is 6.17. The lowest BCUT2D eigenvalue weighted by Gasteiger charge is -2.14. The Hall–Kier alpha value is -1.87. The molecule has 0 aliphatic rings. The van der Waals surface area contributed by atoms with E-state index in [0.29, 0.717) is 6.54 Å². The second-order valence-electron chi connectivity index (χ2n) is 3.25. The van der Waals surface area contributed by atoms with E-state index in [9.17, 15) is 14.7 Å². The first-order chi connectivity index (χ1) is 8.45. The van der Waals surface area contributed by atoms with Crippen molar-refractivity contribution in [1.82, 2.24) is 20.1 Å². The van der Waals surface area contributed by atoms with Gasteiger partial charge >= 0.3 is 11.8 Å². The fourth-order valence-corrected chi connectivity index (χ4v) is 1.80. The number of hydrogen-bond acceptors (Lipinski definition) is 6. The molecule has 1 aromatic heterocycles. The topological polar surface area (TPSA) is 118 Å². The minimum absolute atomic E-state index is 0.229. The Labute approximate surface area is 107 Å². The van der Waals surface area contributed by atoms with E-state index in [0.717, 1.165) is 16.3 Å². The molecule has 1 heterocycles. The average molecular weight is 274 g/mol. The number of H-pyrrole nitrogens is 1. The third-order valence-corrected chi connectivity index (χ3v) is 2.79. The summed E-state index contributed by atoms with van der Waals surface area (Å²) in [5.74, 6) is -2.11. The number of amides is 2. The number of nitrogens with one attached hydrogen (secondary N) is 3. The molecule has 0 aliphatic carbocycles. The van der Waals surface area contributed by atoms with E-state index in [2.05, 4.69) is 15.8 Å². The summed E-state index contributed by atoms with van der Waals surface area (Å²) < 4.78 is 1.04. The van der Waals surface area contributed by atoms with Crippen LogP contribution in [0.2, 0.25) is 0 Å². The van der Waals surface area contributed by atoms with Gasteiger partial charge in [-0.1, -0.05) is 6.92 Å². The van der Waals surface area contributed by atoms with Crippen LogP contribution >= 0.6 is 11.9 Å². The van der Waals surface area contributed by atoms with Crippen LogP contribution in [0.4, 0.5) is 0 Å². The summed E-state index contributed by atoms with van der Waals surface area (Å²) in [5, 5.41) is 18.4. The third kappa shape index (κ3) is 3.57. The quantitative estimate of drug-likeness (QED) is 0.288. The number of aromatic amines is 1. The molecule has 9 heteroatoms. The lowest BCUT2D eigenvalue weighted by molar-refractivity contribution is -0.142. The Morgan fingerprint density at radius 2 is 2.17 bits per heavy atom. The Morgan fingerprint density at radius 3 is 2.67 bits per heavy atom. The lowest BCUT2D eigenvalue weighted by atomic mass is 10.6. The Balaban J connectivity index is 2.59. The summed E-state index contributed by atoms with van der Waals surface area (Å²) in [7, 11) is 1.38. The predicted octanol–water partition coefficient (Wildman–Crippen LogP) is -0.468. The van der Waals surface area contributed by atoms with Gasteiger partial charge in [0.1, 0.15) is 0 Å². The maximum absolute atomic E-state index is 11.6. The van der Waals surface area contributed by atoms with Crippen LogP contribution in [0.25, 0.3) is 0 Å². The van der Waals surface area contributed by atoms with Crippen LogP contribution in [0.15, 0.2) is 11.0 Å². The number of nitrogens with zero attached hydrogens (tertiary/aromatic N) is 1. The number of hydrazine groups is 1. The minimum Gasteiger partial charge on any atom is -0.494 e. The molecule has 0 saturated heterocycles. The van der Waals surface area contributed by atoms with Gasteiger partial charge in [0.15, 0.2) is 5.88 Å². The minimum atomic E-state index is -0.814. The molecule has 0 aromatic carbocycles. The molecular formula is C9H14N4O4S. The summed E-state index contributed by atoms with van der Waals surface area (Å²) in [6, 6.07) is 1.24. The first-order valence-corrected chi connectivity index (χ1v) is 5.82. The van der Waals surface area contributed by atoms with E-state index < -0.39 is 11.8 Å². The van der Waals surface area contributed by atoms with Crippen LogP contribution in [0.1, 0.15) is 6.92 Å². The largest absolute Gasteiger partial charge is 0.494 e. The monoisotopic (exact) mass is 274 g/mol. The van der Waals surface area contributed by atoms with Crippen molar-refractivity contribution in [3.8, 4) is 11.8 Å². The van der Waals surface area contributed by atoms with E-state index in [4.69, 9.17) is 5.11 Å². The zero-order chi connectivity index (χ0) is 13.7. The number of aromatic nitrogens is 1. The normalized spacial score (nSPS) is 10.1. The number of hydrogen-bond donors (Lipinski definition) is 5. The molecule has 0 saturated carbocycles. The number of carbonyl (C=O) groups excluding carboxylic acids is 2. The van der Waals surface area contributed by atoms with Crippen molar-refractivity contribution in [1.29, 1.82) is 0 Å². The molecular weight excluding hydrogens is 260 g/mol. The van der Waals surface area contributed by atoms with E-state index >= 15 is 0 Å². The third-order valence-electron chi connectivity index (χ3n) is 1.84. The van der Waals surface area contributed by atoms with Crippen molar-refractivity contribution >= 4 is 23.8 Å². The van der Waals surface area contributed by atoms with Gasteiger partial charge in [0.2, 0.25) is 5.88 Å². The lowest BCUT2D eigenvalue weighted by Crippen LogP contribution is -2.45. The molecule has 1 rings (SSSR count). The van der Waals surface area contributed by atoms with Crippen molar-refractivity contribution in [2.45, 2.75) is 11.8 Å². The first kappa shape index (κ1) is 14.2. The zero-order valence-electron chi connectivity index (χ0n) is 9.85. The molecule has 0 spiro atoms. The molecule has 0 radical (unpaired) electrons. The summed E-state index contributed by atoms with van der Waals surface area (Å²) in [6.07, 6.45) is 0. The molecule has 8 nitrogen and oxygen atoms in total. The highest BCUT2D eigenvalue weighted by Crippen LogP contribution is 2.32. The Kier molecular flexibility index (Phi) is 4.86. The van der Waals surface area contributed by atoms with Crippen LogP contribution in [-0.2, 0) is 9.59 Å². The second-order valence-corrected chi connectivity index (χ2v) is 4.42. The van der Waals surface area contributed by atoms with Crippen LogP contribution in [0.3, 0.4) is 0 Å². The standard InChI is InChI=1S/C9H14N4O4S/c1-3-10-12-8(16)9(17)13(2)18-5-4-6(14)11-7(5)15/h4,10-11,14-15H,3H2,1-2H3,(H,12,16). The number of carbonyl (C=O) groups is 2. The van der Waals surface area contributed by atoms with Gasteiger partial charge in [0, 0.05) is 19.7 Å². The fourth-order valence-electron chi connectivity index (χ4n) is 1.04. The number of rotatable bonds is 4. The van der Waals surface area contributed by atoms with Gasteiger partial charge in [-0.05, 0) is 11.9 Å². The number of likely N-dealkylation sites (N-methyl/N-ethyl adjacent to an activating group) is 1. The van der Waals surface area contributed by atoms with Crippen molar-refractivity contribution in [2.24, 2.45) is 0 Å². The summed E-state index contributed by atoms with van der Waals surface area (Å²) in [5.41, 5.74) is 4.72. The van der Waals surface area contributed by atoms with Gasteiger partial charge in [0.25, 0.3) is 0 Å². The molecule has 100 valence electrons. The molecule has 0 bridgehead atoms. The maximum atomic E-state index is 11.6. The molecule has 18 heavy (non-hydrogen) atoms. The molecule has 2 amide bonds. The summed E-state index contributed by atoms with van der Waals surface area (Å²) >= 11 is 0.815. The summed E-state index contributed by atoms with van der Waals surface area (Å²) in [4.78, 5) is 25.4. The van der Waals surface area contributed by atoms with Gasteiger partial charge in [0.05, 0.1) is 4.90 Å². The molecule has 0 aliphatic heterocycles. The highest BCUT2D eigenvalue weighted by Gasteiger charge is 2.21. The van der Waals surface area contributed by atoms with Crippen molar-refractivity contribution in [2.75, 3.05) is 13.6 Å². The average Bonchev–Trinajstić information content (AvgIpc) is 2.63. The van der Waals surface area contributed by atoms with Crippen molar-refractivity contribution in [3.63, 3.8) is 0 Å². The van der Waals surface area contributed by atoms with Gasteiger partial charge in [-0.3, -0.25) is 24.3 Å². The van der Waals surface area contributed by atoms with Crippen molar-refractivity contribution in [3.05, 3.63) is 6.07 Å². The van der Waals surface area contributed by atoms with Gasteiger partial charge in [-0.2, -0.15) is 0 Å². The van der Waals surface area contributed by atoms with Gasteiger partial charge < -0.3 is 10.2 Å². The van der Waals surface area contributed by atoms with E-state index in [-0.39, 0.29) is 16.7 Å². The van der Waals surface area contributed by atoms with Crippen LogP contribution < -0.4 is 10.9 Å². The number of aromatic hydroxyl groups is 2. The highest BCUT2D eigenvalue weighted by atomic mass is 32.2. The van der Waals surface area contributed by atoms with E-state index in [1.807, 2.05) is 0 Å². The summed E-state index contributed by atoms with van der Waals surface area (Å²) in [6.45, 7) is 2.26. The molecule has 0 atom stereocenters. The highest BCUT2D eigenvalue weighted by molar-refractivity contribution is 7.97. The zero-order valence-corrected chi connectivity index (χ0v) is 10.7. The molecule has 0 fully saturated rings. The molecule has 1 aromatic rings. The maximum Gasteiger partial charge on any atom is 0.324 e.